The topological polar surface area (TPSA) is 56.7 Å². The molecule has 0 bridgehead atoms. The molecule has 0 radical (unpaired) electrons. The average Bonchev–Trinajstić information content (AvgIpc) is 3.09. The van der Waals surface area contributed by atoms with Crippen LogP contribution in [0.1, 0.15) is 25.3 Å². The van der Waals surface area contributed by atoms with Crippen molar-refractivity contribution in [2.45, 2.75) is 19.8 Å². The van der Waals surface area contributed by atoms with Gasteiger partial charge in [0.25, 0.3) is 0 Å². The standard InChI is InChI=1S/C16H18N4S/c1-10(2)11-4-6-12(7-5-11)14-15(13-8-18-9-21-13)19-20(3)16(14)17/h4-10H,17H2,1-3H3. The van der Waals surface area contributed by atoms with Gasteiger partial charge in [0.05, 0.1) is 16.0 Å². The molecule has 2 N–H and O–H groups in total. The van der Waals surface area contributed by atoms with Crippen molar-refractivity contribution < 1.29 is 0 Å². The van der Waals surface area contributed by atoms with Crippen LogP contribution in [-0.4, -0.2) is 14.8 Å². The molecule has 5 heteroatoms. The minimum Gasteiger partial charge on any atom is -0.383 e. The Bertz CT molecular complexity index is 739. The van der Waals surface area contributed by atoms with Crippen molar-refractivity contribution in [3.63, 3.8) is 0 Å². The van der Waals surface area contributed by atoms with E-state index in [0.717, 1.165) is 21.7 Å². The molecular formula is C16H18N4S. The summed E-state index contributed by atoms with van der Waals surface area (Å²) in [4.78, 5) is 5.17. The molecule has 0 unspecified atom stereocenters. The van der Waals surface area contributed by atoms with Crippen LogP contribution in [-0.2, 0) is 7.05 Å². The highest BCUT2D eigenvalue weighted by Crippen LogP contribution is 2.37. The Morgan fingerprint density at radius 1 is 1.19 bits per heavy atom. The van der Waals surface area contributed by atoms with Crippen molar-refractivity contribution in [2.75, 3.05) is 5.73 Å². The van der Waals surface area contributed by atoms with E-state index in [2.05, 4.69) is 48.2 Å². The molecule has 0 aliphatic rings. The number of nitrogen functional groups attached to an aromatic ring is 1. The summed E-state index contributed by atoms with van der Waals surface area (Å²) in [6.07, 6.45) is 1.83. The third-order valence-corrected chi connectivity index (χ3v) is 4.40. The maximum atomic E-state index is 6.22. The van der Waals surface area contributed by atoms with Gasteiger partial charge in [0.15, 0.2) is 0 Å². The van der Waals surface area contributed by atoms with Crippen molar-refractivity contribution >= 4 is 17.2 Å². The molecule has 2 aromatic heterocycles. The number of nitrogens with zero attached hydrogens (tertiary/aromatic N) is 3. The summed E-state index contributed by atoms with van der Waals surface area (Å²) in [7, 11) is 1.87. The molecule has 1 aromatic carbocycles. The zero-order valence-electron chi connectivity index (χ0n) is 12.4. The first-order valence-corrected chi connectivity index (χ1v) is 7.77. The molecule has 2 heterocycles. The second-order valence-electron chi connectivity index (χ2n) is 5.37. The summed E-state index contributed by atoms with van der Waals surface area (Å²) in [6.45, 7) is 4.38. The maximum Gasteiger partial charge on any atom is 0.129 e. The number of rotatable bonds is 3. The molecule has 0 atom stereocenters. The minimum atomic E-state index is 0.520. The van der Waals surface area contributed by atoms with E-state index in [4.69, 9.17) is 5.73 Å². The van der Waals surface area contributed by atoms with Crippen molar-refractivity contribution in [3.8, 4) is 21.7 Å². The van der Waals surface area contributed by atoms with E-state index >= 15 is 0 Å². The summed E-state index contributed by atoms with van der Waals surface area (Å²) in [6, 6.07) is 8.55. The molecule has 108 valence electrons. The Labute approximate surface area is 128 Å². The Morgan fingerprint density at radius 2 is 1.90 bits per heavy atom. The maximum absolute atomic E-state index is 6.22. The minimum absolute atomic E-state index is 0.520. The van der Waals surface area contributed by atoms with Crippen LogP contribution < -0.4 is 5.73 Å². The van der Waals surface area contributed by atoms with E-state index in [1.807, 2.05) is 18.8 Å². The number of aromatic nitrogens is 3. The van der Waals surface area contributed by atoms with Crippen molar-refractivity contribution in [1.29, 1.82) is 0 Å². The molecule has 0 aliphatic carbocycles. The highest BCUT2D eigenvalue weighted by molar-refractivity contribution is 7.13. The number of benzene rings is 1. The lowest BCUT2D eigenvalue weighted by molar-refractivity contribution is 0.783. The summed E-state index contributed by atoms with van der Waals surface area (Å²) >= 11 is 1.57. The predicted octanol–water partition coefficient (Wildman–Crippen LogP) is 3.92. The molecule has 3 aromatic rings. The van der Waals surface area contributed by atoms with E-state index in [1.54, 1.807) is 16.0 Å². The fourth-order valence-corrected chi connectivity index (χ4v) is 2.97. The first kappa shape index (κ1) is 13.8. The largest absolute Gasteiger partial charge is 0.383 e. The van der Waals surface area contributed by atoms with Crippen LogP contribution >= 0.6 is 11.3 Å². The first-order chi connectivity index (χ1) is 10.1. The molecule has 0 fully saturated rings. The summed E-state index contributed by atoms with van der Waals surface area (Å²) < 4.78 is 1.72. The van der Waals surface area contributed by atoms with Gasteiger partial charge in [0, 0.05) is 13.2 Å². The summed E-state index contributed by atoms with van der Waals surface area (Å²) in [5, 5.41) is 4.55. The van der Waals surface area contributed by atoms with Crippen LogP contribution in [0.25, 0.3) is 21.7 Å². The zero-order chi connectivity index (χ0) is 15.0. The van der Waals surface area contributed by atoms with Crippen LogP contribution in [0.3, 0.4) is 0 Å². The lowest BCUT2D eigenvalue weighted by Gasteiger charge is -2.07. The molecule has 0 aliphatic heterocycles. The quantitative estimate of drug-likeness (QED) is 0.797. The fourth-order valence-electron chi connectivity index (χ4n) is 2.36. The number of nitrogens with two attached hydrogens (primary N) is 1. The van der Waals surface area contributed by atoms with Gasteiger partial charge in [-0.25, -0.2) is 0 Å². The van der Waals surface area contributed by atoms with E-state index in [9.17, 15) is 0 Å². The lowest BCUT2D eigenvalue weighted by Crippen LogP contribution is -1.98. The Hall–Kier alpha value is -2.14. The molecule has 0 amide bonds. The summed E-state index contributed by atoms with van der Waals surface area (Å²) in [5.74, 6) is 1.20. The van der Waals surface area contributed by atoms with Gasteiger partial charge in [-0.15, -0.1) is 11.3 Å². The van der Waals surface area contributed by atoms with E-state index < -0.39 is 0 Å². The van der Waals surface area contributed by atoms with Crippen molar-refractivity contribution in [3.05, 3.63) is 41.5 Å². The second-order valence-corrected chi connectivity index (χ2v) is 6.26. The van der Waals surface area contributed by atoms with Gasteiger partial charge in [-0.1, -0.05) is 38.1 Å². The molecule has 0 saturated heterocycles. The molecule has 4 nitrogen and oxygen atoms in total. The normalized spacial score (nSPS) is 11.2. The molecule has 0 saturated carbocycles. The van der Waals surface area contributed by atoms with Crippen LogP contribution in [0.4, 0.5) is 5.82 Å². The molecular weight excluding hydrogens is 280 g/mol. The average molecular weight is 298 g/mol. The van der Waals surface area contributed by atoms with Gasteiger partial charge < -0.3 is 5.73 Å². The lowest BCUT2D eigenvalue weighted by atomic mass is 9.98. The highest BCUT2D eigenvalue weighted by atomic mass is 32.1. The third kappa shape index (κ3) is 2.45. The smallest absolute Gasteiger partial charge is 0.129 e. The number of hydrogen-bond acceptors (Lipinski definition) is 4. The monoisotopic (exact) mass is 298 g/mol. The molecule has 21 heavy (non-hydrogen) atoms. The van der Waals surface area contributed by atoms with Crippen LogP contribution in [0.5, 0.6) is 0 Å². The predicted molar refractivity (Wildman–Crippen MR) is 88.3 cm³/mol. The van der Waals surface area contributed by atoms with Gasteiger partial charge in [-0.2, -0.15) is 5.10 Å². The van der Waals surface area contributed by atoms with E-state index in [1.165, 1.54) is 5.56 Å². The number of hydrogen-bond donors (Lipinski definition) is 1. The van der Waals surface area contributed by atoms with Gasteiger partial charge >= 0.3 is 0 Å². The first-order valence-electron chi connectivity index (χ1n) is 6.89. The number of aryl methyl sites for hydroxylation is 1. The molecule has 0 spiro atoms. The summed E-state index contributed by atoms with van der Waals surface area (Å²) in [5.41, 5.74) is 12.3. The van der Waals surface area contributed by atoms with E-state index in [0.29, 0.717) is 11.7 Å². The Morgan fingerprint density at radius 3 is 2.48 bits per heavy atom. The van der Waals surface area contributed by atoms with Crippen molar-refractivity contribution in [2.24, 2.45) is 7.05 Å². The van der Waals surface area contributed by atoms with Crippen LogP contribution in [0.2, 0.25) is 0 Å². The van der Waals surface area contributed by atoms with Crippen molar-refractivity contribution in [1.82, 2.24) is 14.8 Å². The highest BCUT2D eigenvalue weighted by Gasteiger charge is 2.18. The molecule has 3 rings (SSSR count). The van der Waals surface area contributed by atoms with Gasteiger partial charge in [0.1, 0.15) is 11.5 Å². The fraction of sp³-hybridized carbons (Fsp3) is 0.250. The number of thiazole rings is 1. The SMILES string of the molecule is CC(C)c1ccc(-c2c(-c3cncs3)nn(C)c2N)cc1. The third-order valence-electron chi connectivity index (χ3n) is 3.62. The van der Waals surface area contributed by atoms with Crippen LogP contribution in [0.15, 0.2) is 36.0 Å². The van der Waals surface area contributed by atoms with Gasteiger partial charge in [-0.3, -0.25) is 9.67 Å². The van der Waals surface area contributed by atoms with Gasteiger partial charge in [-0.05, 0) is 17.0 Å². The Kier molecular flexibility index (Phi) is 3.51. The van der Waals surface area contributed by atoms with Crippen LogP contribution in [0, 0.1) is 0 Å². The van der Waals surface area contributed by atoms with E-state index in [-0.39, 0.29) is 0 Å². The Balaban J connectivity index is 2.13. The number of anilines is 1. The zero-order valence-corrected chi connectivity index (χ0v) is 13.2. The van der Waals surface area contributed by atoms with Gasteiger partial charge in [0.2, 0.25) is 0 Å². The second kappa shape index (κ2) is 5.33.